The van der Waals surface area contributed by atoms with Gasteiger partial charge in [-0.25, -0.2) is 13.8 Å². The standard InChI is InChI=1S/C19H19F2N3OS/c1-18(2)12-6-7-19(18,3)16-15(12)23-24-17(22-16)26-9-14(25)11-5-4-10(20)8-13(11)21/h4-5,8,12H,6-7,9H2,1-3H3/t12-,19+/m1/s1. The number of carbonyl (C=O) groups excluding carboxylic acids is 1. The number of hydrogen-bond acceptors (Lipinski definition) is 5. The summed E-state index contributed by atoms with van der Waals surface area (Å²) >= 11 is 1.13. The summed E-state index contributed by atoms with van der Waals surface area (Å²) in [6.07, 6.45) is 2.17. The van der Waals surface area contributed by atoms with Crippen molar-refractivity contribution in [2.75, 3.05) is 5.75 Å². The van der Waals surface area contributed by atoms with Crippen LogP contribution in [-0.2, 0) is 5.41 Å². The predicted molar refractivity (Wildman–Crippen MR) is 94.3 cm³/mol. The van der Waals surface area contributed by atoms with E-state index in [1.807, 2.05) is 0 Å². The van der Waals surface area contributed by atoms with Crippen molar-refractivity contribution in [3.63, 3.8) is 0 Å². The van der Waals surface area contributed by atoms with E-state index >= 15 is 0 Å². The number of nitrogens with zero attached hydrogens (tertiary/aromatic N) is 3. The number of hydrogen-bond donors (Lipinski definition) is 0. The molecule has 1 heterocycles. The van der Waals surface area contributed by atoms with Gasteiger partial charge in [0, 0.05) is 17.4 Å². The normalized spacial score (nSPS) is 25.3. The summed E-state index contributed by atoms with van der Waals surface area (Å²) in [5.41, 5.74) is 1.89. The fraction of sp³-hybridized carbons (Fsp3) is 0.474. The van der Waals surface area contributed by atoms with Crippen LogP contribution in [0.4, 0.5) is 8.78 Å². The minimum atomic E-state index is -0.852. The van der Waals surface area contributed by atoms with Gasteiger partial charge in [-0.3, -0.25) is 4.79 Å². The lowest BCUT2D eigenvalue weighted by molar-refractivity contribution is 0.101. The first-order valence-electron chi connectivity index (χ1n) is 8.60. The van der Waals surface area contributed by atoms with Crippen LogP contribution in [-0.4, -0.2) is 26.7 Å². The van der Waals surface area contributed by atoms with Crippen LogP contribution in [0.1, 0.15) is 61.3 Å². The maximum Gasteiger partial charge on any atom is 0.209 e. The zero-order valence-electron chi connectivity index (χ0n) is 14.8. The monoisotopic (exact) mass is 375 g/mol. The summed E-state index contributed by atoms with van der Waals surface area (Å²) in [4.78, 5) is 16.9. The second-order valence-electron chi connectivity index (χ2n) is 7.81. The molecule has 1 aromatic heterocycles. The molecule has 2 aliphatic carbocycles. The van der Waals surface area contributed by atoms with Gasteiger partial charge in [-0.1, -0.05) is 32.5 Å². The summed E-state index contributed by atoms with van der Waals surface area (Å²) in [6, 6.07) is 2.96. The Kier molecular flexibility index (Phi) is 3.91. The van der Waals surface area contributed by atoms with Crippen LogP contribution >= 0.6 is 11.8 Å². The molecule has 2 aromatic rings. The Morgan fingerprint density at radius 1 is 1.27 bits per heavy atom. The molecule has 26 heavy (non-hydrogen) atoms. The molecule has 2 bridgehead atoms. The summed E-state index contributed by atoms with van der Waals surface area (Å²) in [5, 5.41) is 8.98. The van der Waals surface area contributed by atoms with Crippen molar-refractivity contribution in [1.82, 2.24) is 15.2 Å². The molecule has 2 aliphatic rings. The summed E-state index contributed by atoms with van der Waals surface area (Å²) in [7, 11) is 0. The highest BCUT2D eigenvalue weighted by molar-refractivity contribution is 7.99. The lowest BCUT2D eigenvalue weighted by atomic mass is 9.70. The first-order valence-corrected chi connectivity index (χ1v) is 9.59. The summed E-state index contributed by atoms with van der Waals surface area (Å²) in [6.45, 7) is 6.73. The van der Waals surface area contributed by atoms with Gasteiger partial charge in [-0.05, 0) is 30.4 Å². The van der Waals surface area contributed by atoms with Crippen LogP contribution in [0.3, 0.4) is 0 Å². The van der Waals surface area contributed by atoms with Gasteiger partial charge in [0.15, 0.2) is 5.78 Å². The minimum Gasteiger partial charge on any atom is -0.293 e. The highest BCUT2D eigenvalue weighted by Crippen LogP contribution is 2.66. The van der Waals surface area contributed by atoms with E-state index in [0.29, 0.717) is 17.1 Å². The first-order chi connectivity index (χ1) is 12.2. The molecule has 0 saturated heterocycles. The van der Waals surface area contributed by atoms with Gasteiger partial charge in [0.2, 0.25) is 5.16 Å². The molecule has 1 saturated carbocycles. The van der Waals surface area contributed by atoms with E-state index in [1.165, 1.54) is 0 Å². The average molecular weight is 375 g/mol. The van der Waals surface area contributed by atoms with Crippen molar-refractivity contribution in [3.05, 3.63) is 46.8 Å². The maximum atomic E-state index is 13.7. The molecule has 136 valence electrons. The molecule has 0 N–H and O–H groups in total. The first kappa shape index (κ1) is 17.5. The van der Waals surface area contributed by atoms with Gasteiger partial charge >= 0.3 is 0 Å². The van der Waals surface area contributed by atoms with Crippen LogP contribution in [0.25, 0.3) is 0 Å². The molecule has 0 aliphatic heterocycles. The maximum absolute atomic E-state index is 13.7. The fourth-order valence-corrected chi connectivity index (χ4v) is 5.02. The quantitative estimate of drug-likeness (QED) is 0.589. The number of ketones is 1. The smallest absolute Gasteiger partial charge is 0.209 e. The van der Waals surface area contributed by atoms with Crippen LogP contribution in [0.5, 0.6) is 0 Å². The van der Waals surface area contributed by atoms with Crippen molar-refractivity contribution in [2.45, 2.75) is 50.1 Å². The highest BCUT2D eigenvalue weighted by atomic mass is 32.2. The van der Waals surface area contributed by atoms with E-state index in [4.69, 9.17) is 0 Å². The van der Waals surface area contributed by atoms with E-state index in [0.717, 1.165) is 48.1 Å². The molecular weight excluding hydrogens is 356 g/mol. The van der Waals surface area contributed by atoms with Crippen LogP contribution < -0.4 is 0 Å². The Bertz CT molecular complexity index is 918. The Balaban J connectivity index is 1.54. The highest BCUT2D eigenvalue weighted by Gasteiger charge is 2.61. The van der Waals surface area contributed by atoms with Crippen LogP contribution in [0.2, 0.25) is 0 Å². The van der Waals surface area contributed by atoms with Gasteiger partial charge < -0.3 is 0 Å². The van der Waals surface area contributed by atoms with Crippen molar-refractivity contribution >= 4 is 17.5 Å². The van der Waals surface area contributed by atoms with Crippen molar-refractivity contribution < 1.29 is 13.6 Å². The third-order valence-electron chi connectivity index (χ3n) is 6.34. The number of aromatic nitrogens is 3. The van der Waals surface area contributed by atoms with Gasteiger partial charge in [0.1, 0.15) is 11.6 Å². The second kappa shape index (κ2) is 5.81. The Morgan fingerprint density at radius 3 is 2.77 bits per heavy atom. The summed E-state index contributed by atoms with van der Waals surface area (Å²) in [5.74, 6) is -1.63. The molecule has 1 aromatic carbocycles. The molecule has 4 rings (SSSR count). The van der Waals surface area contributed by atoms with Gasteiger partial charge in [0.05, 0.1) is 22.7 Å². The molecular formula is C19H19F2N3OS. The fourth-order valence-electron chi connectivity index (χ4n) is 4.35. The van der Waals surface area contributed by atoms with Crippen LogP contribution in [0.15, 0.2) is 23.4 Å². The van der Waals surface area contributed by atoms with Crippen molar-refractivity contribution in [2.24, 2.45) is 5.41 Å². The number of halogens is 2. The second-order valence-corrected chi connectivity index (χ2v) is 8.75. The lowest BCUT2D eigenvalue weighted by Gasteiger charge is -2.33. The van der Waals surface area contributed by atoms with Crippen LogP contribution in [0, 0.1) is 17.0 Å². The third kappa shape index (κ3) is 2.40. The molecule has 0 spiro atoms. The van der Waals surface area contributed by atoms with E-state index in [1.54, 1.807) is 0 Å². The van der Waals surface area contributed by atoms with Crippen molar-refractivity contribution in [1.29, 1.82) is 0 Å². The largest absolute Gasteiger partial charge is 0.293 e. The topological polar surface area (TPSA) is 55.7 Å². The Morgan fingerprint density at radius 2 is 2.04 bits per heavy atom. The molecule has 0 radical (unpaired) electrons. The molecule has 0 unspecified atom stereocenters. The molecule has 7 heteroatoms. The number of fused-ring (bicyclic) bond motifs is 5. The van der Waals surface area contributed by atoms with E-state index < -0.39 is 17.4 Å². The average Bonchev–Trinajstić information content (AvgIpc) is 2.92. The van der Waals surface area contributed by atoms with Gasteiger partial charge in [0.25, 0.3) is 0 Å². The number of Topliss-reactive ketones (excluding diaryl/α,β-unsaturated/α-hetero) is 1. The number of rotatable bonds is 4. The van der Waals surface area contributed by atoms with Gasteiger partial charge in [-0.15, -0.1) is 5.10 Å². The van der Waals surface area contributed by atoms with E-state index in [9.17, 15) is 13.6 Å². The van der Waals surface area contributed by atoms with Crippen molar-refractivity contribution in [3.8, 4) is 0 Å². The molecule has 0 amide bonds. The Labute approximate surface area is 154 Å². The molecule has 1 fully saturated rings. The zero-order valence-corrected chi connectivity index (χ0v) is 15.7. The molecule has 2 atom stereocenters. The Hall–Kier alpha value is -1.89. The summed E-state index contributed by atoms with van der Waals surface area (Å²) < 4.78 is 26.7. The number of carbonyl (C=O) groups is 1. The lowest BCUT2D eigenvalue weighted by Crippen LogP contribution is -2.32. The number of thioether (sulfide) groups is 1. The third-order valence-corrected chi connectivity index (χ3v) is 7.17. The van der Waals surface area contributed by atoms with Gasteiger partial charge in [-0.2, -0.15) is 5.10 Å². The predicted octanol–water partition coefficient (Wildman–Crippen LogP) is 4.30. The SMILES string of the molecule is CC1(C)[C@@H]2CC[C@@]1(C)c1nc(SCC(=O)c3ccc(F)cc3F)nnc12. The minimum absolute atomic E-state index is 0.0213. The molecule has 4 nitrogen and oxygen atoms in total. The zero-order chi connectivity index (χ0) is 18.7. The van der Waals surface area contributed by atoms with E-state index in [2.05, 4.69) is 36.0 Å². The van der Waals surface area contributed by atoms with E-state index in [-0.39, 0.29) is 22.1 Å². The number of benzene rings is 1.